The topological polar surface area (TPSA) is 44.1 Å². The van der Waals surface area contributed by atoms with Gasteiger partial charge in [-0.15, -0.1) is 0 Å². The highest BCUT2D eigenvalue weighted by atomic mass is 35.5. The zero-order chi connectivity index (χ0) is 19.7. The summed E-state index contributed by atoms with van der Waals surface area (Å²) in [6.45, 7) is 2.15. The smallest absolute Gasteiger partial charge is 0.224 e. The van der Waals surface area contributed by atoms with E-state index in [0.717, 1.165) is 40.8 Å². The van der Waals surface area contributed by atoms with Crippen LogP contribution in [0.2, 0.25) is 5.02 Å². The van der Waals surface area contributed by atoms with Gasteiger partial charge in [0.25, 0.3) is 0 Å². The molecule has 0 saturated heterocycles. The molecule has 4 rings (SSSR count). The van der Waals surface area contributed by atoms with E-state index < -0.39 is 0 Å². The number of hydrogen-bond donors (Lipinski definition) is 0. The molecule has 28 heavy (non-hydrogen) atoms. The number of amides is 1. The molecule has 0 aromatic heterocycles. The van der Waals surface area contributed by atoms with Crippen LogP contribution in [0.25, 0.3) is 11.1 Å². The molecule has 1 aliphatic rings. The third-order valence-electron chi connectivity index (χ3n) is 5.26. The standard InChI is InChI=1S/C24H19ClN2O/c1-16(28)27-15-22-9-7-19(18-4-2-17(14-26)3-5-18)12-20(22)6-8-21-13-23(25)10-11-24(21)27/h2-5,7,9-13H,6,8,15H2,1H3. The van der Waals surface area contributed by atoms with Crippen LogP contribution in [-0.4, -0.2) is 5.91 Å². The zero-order valence-electron chi connectivity index (χ0n) is 15.6. The van der Waals surface area contributed by atoms with Crippen molar-refractivity contribution >= 4 is 23.2 Å². The first-order chi connectivity index (χ1) is 13.5. The molecule has 138 valence electrons. The van der Waals surface area contributed by atoms with Crippen LogP contribution in [0.1, 0.15) is 29.2 Å². The van der Waals surface area contributed by atoms with Crippen molar-refractivity contribution in [2.75, 3.05) is 4.90 Å². The first-order valence-corrected chi connectivity index (χ1v) is 9.62. The number of aryl methyl sites for hydroxylation is 2. The number of anilines is 1. The molecule has 0 bridgehead atoms. The fourth-order valence-electron chi connectivity index (χ4n) is 3.75. The van der Waals surface area contributed by atoms with Crippen molar-refractivity contribution in [2.45, 2.75) is 26.3 Å². The van der Waals surface area contributed by atoms with Crippen LogP contribution >= 0.6 is 11.6 Å². The second-order valence-corrected chi connectivity index (χ2v) is 7.49. The van der Waals surface area contributed by atoms with E-state index in [-0.39, 0.29) is 5.91 Å². The normalized spacial score (nSPS) is 13.0. The van der Waals surface area contributed by atoms with Gasteiger partial charge in [0, 0.05) is 17.6 Å². The second-order valence-electron chi connectivity index (χ2n) is 7.05. The van der Waals surface area contributed by atoms with Crippen molar-refractivity contribution in [2.24, 2.45) is 0 Å². The SMILES string of the molecule is CC(=O)N1Cc2ccc(-c3ccc(C#N)cc3)cc2CCc2cc(Cl)ccc21. The number of nitriles is 1. The Labute approximate surface area is 169 Å². The minimum Gasteiger partial charge on any atom is -0.308 e. The Morgan fingerprint density at radius 1 is 0.929 bits per heavy atom. The zero-order valence-corrected chi connectivity index (χ0v) is 16.3. The molecule has 4 heteroatoms. The van der Waals surface area contributed by atoms with Gasteiger partial charge in [-0.3, -0.25) is 4.79 Å². The highest BCUT2D eigenvalue weighted by molar-refractivity contribution is 6.30. The summed E-state index contributed by atoms with van der Waals surface area (Å²) in [5.41, 5.74) is 7.28. The predicted octanol–water partition coefficient (Wildman–Crippen LogP) is 5.53. The molecule has 1 amide bonds. The second kappa shape index (κ2) is 7.50. The van der Waals surface area contributed by atoms with Gasteiger partial charge < -0.3 is 4.90 Å². The summed E-state index contributed by atoms with van der Waals surface area (Å²) in [5.74, 6) is 0.0209. The summed E-state index contributed by atoms with van der Waals surface area (Å²) in [6.07, 6.45) is 1.71. The fraction of sp³-hybridized carbons (Fsp3) is 0.167. The molecular weight excluding hydrogens is 368 g/mol. The molecule has 0 unspecified atom stereocenters. The maximum absolute atomic E-state index is 12.3. The number of carbonyl (C=O) groups excluding carboxylic acids is 1. The largest absolute Gasteiger partial charge is 0.308 e. The minimum atomic E-state index is 0.0209. The Hall–Kier alpha value is -3.09. The van der Waals surface area contributed by atoms with Gasteiger partial charge in [0.1, 0.15) is 0 Å². The van der Waals surface area contributed by atoms with Crippen molar-refractivity contribution in [3.63, 3.8) is 0 Å². The average Bonchev–Trinajstić information content (AvgIpc) is 2.69. The number of nitrogens with zero attached hydrogens (tertiary/aromatic N) is 2. The molecule has 3 aromatic carbocycles. The van der Waals surface area contributed by atoms with Crippen LogP contribution in [0, 0.1) is 11.3 Å². The number of benzene rings is 3. The number of rotatable bonds is 1. The summed E-state index contributed by atoms with van der Waals surface area (Å²) < 4.78 is 0. The molecular formula is C24H19ClN2O. The Morgan fingerprint density at radius 3 is 2.36 bits per heavy atom. The molecule has 0 atom stereocenters. The van der Waals surface area contributed by atoms with Gasteiger partial charge in [0.05, 0.1) is 18.2 Å². The number of halogens is 1. The molecule has 3 nitrogen and oxygen atoms in total. The Balaban J connectivity index is 1.74. The summed E-state index contributed by atoms with van der Waals surface area (Å²) in [7, 11) is 0. The Bertz CT molecular complexity index is 1100. The van der Waals surface area contributed by atoms with Crippen LogP contribution in [0.5, 0.6) is 0 Å². The van der Waals surface area contributed by atoms with E-state index in [1.807, 2.05) is 47.4 Å². The Kier molecular flexibility index (Phi) is 4.90. The van der Waals surface area contributed by atoms with E-state index in [0.29, 0.717) is 17.1 Å². The lowest BCUT2D eigenvalue weighted by atomic mass is 9.92. The lowest BCUT2D eigenvalue weighted by Gasteiger charge is -2.28. The van der Waals surface area contributed by atoms with Crippen molar-refractivity contribution in [1.29, 1.82) is 5.26 Å². The fourth-order valence-corrected chi connectivity index (χ4v) is 3.95. The molecule has 0 radical (unpaired) electrons. The lowest BCUT2D eigenvalue weighted by Crippen LogP contribution is -2.30. The van der Waals surface area contributed by atoms with Gasteiger partial charge in [0.2, 0.25) is 5.91 Å². The van der Waals surface area contributed by atoms with Crippen LogP contribution in [-0.2, 0) is 24.2 Å². The van der Waals surface area contributed by atoms with E-state index in [1.54, 1.807) is 6.92 Å². The molecule has 1 heterocycles. The van der Waals surface area contributed by atoms with E-state index in [4.69, 9.17) is 16.9 Å². The van der Waals surface area contributed by atoms with E-state index in [1.165, 1.54) is 5.56 Å². The molecule has 0 spiro atoms. The molecule has 1 aliphatic heterocycles. The molecule has 3 aromatic rings. The van der Waals surface area contributed by atoms with E-state index in [2.05, 4.69) is 24.3 Å². The van der Waals surface area contributed by atoms with Gasteiger partial charge in [-0.05, 0) is 71.0 Å². The molecule has 0 fully saturated rings. The van der Waals surface area contributed by atoms with Crippen LogP contribution < -0.4 is 4.90 Å². The highest BCUT2D eigenvalue weighted by Gasteiger charge is 2.21. The van der Waals surface area contributed by atoms with Crippen LogP contribution in [0.4, 0.5) is 5.69 Å². The van der Waals surface area contributed by atoms with Gasteiger partial charge in [0.15, 0.2) is 0 Å². The minimum absolute atomic E-state index is 0.0209. The third kappa shape index (κ3) is 3.52. The first-order valence-electron chi connectivity index (χ1n) is 9.24. The summed E-state index contributed by atoms with van der Waals surface area (Å²) in [4.78, 5) is 14.2. The van der Waals surface area contributed by atoms with E-state index in [9.17, 15) is 4.79 Å². The van der Waals surface area contributed by atoms with Gasteiger partial charge in [-0.1, -0.05) is 41.9 Å². The third-order valence-corrected chi connectivity index (χ3v) is 5.49. The summed E-state index contributed by atoms with van der Waals surface area (Å²) >= 11 is 6.20. The molecule has 0 saturated carbocycles. The monoisotopic (exact) mass is 386 g/mol. The van der Waals surface area contributed by atoms with E-state index >= 15 is 0 Å². The van der Waals surface area contributed by atoms with Gasteiger partial charge >= 0.3 is 0 Å². The lowest BCUT2D eigenvalue weighted by molar-refractivity contribution is -0.116. The maximum Gasteiger partial charge on any atom is 0.224 e. The van der Waals surface area contributed by atoms with Crippen molar-refractivity contribution < 1.29 is 4.79 Å². The van der Waals surface area contributed by atoms with Gasteiger partial charge in [-0.25, -0.2) is 0 Å². The van der Waals surface area contributed by atoms with Gasteiger partial charge in [-0.2, -0.15) is 5.26 Å². The molecule has 0 aliphatic carbocycles. The number of carbonyl (C=O) groups is 1. The highest BCUT2D eigenvalue weighted by Crippen LogP contribution is 2.32. The van der Waals surface area contributed by atoms with Crippen molar-refractivity contribution in [3.8, 4) is 17.2 Å². The number of hydrogen-bond acceptors (Lipinski definition) is 2. The molecule has 0 N–H and O–H groups in total. The van der Waals surface area contributed by atoms with Crippen molar-refractivity contribution in [3.05, 3.63) is 87.9 Å². The average molecular weight is 387 g/mol. The van der Waals surface area contributed by atoms with Crippen LogP contribution in [0.15, 0.2) is 60.7 Å². The first kappa shape index (κ1) is 18.3. The number of fused-ring (bicyclic) bond motifs is 2. The quantitative estimate of drug-likeness (QED) is 0.551. The van der Waals surface area contributed by atoms with Crippen molar-refractivity contribution in [1.82, 2.24) is 0 Å². The van der Waals surface area contributed by atoms with Crippen LogP contribution in [0.3, 0.4) is 0 Å². The predicted molar refractivity (Wildman–Crippen MR) is 112 cm³/mol. The maximum atomic E-state index is 12.3. The summed E-state index contributed by atoms with van der Waals surface area (Å²) in [6, 6.07) is 21.9. The Morgan fingerprint density at radius 2 is 1.64 bits per heavy atom. The summed E-state index contributed by atoms with van der Waals surface area (Å²) in [5, 5.41) is 9.68.